The van der Waals surface area contributed by atoms with Crippen LogP contribution in [0.2, 0.25) is 0 Å². The number of hydrogen-bond donors (Lipinski definition) is 2. The minimum atomic E-state index is -4.95. The standard InChI is InChI=1S/C26H27F3N6O6S/c1-33(2)18-5-3-17(4-6-18)13-32-24(36)22-16-34(23-15-30-21(14-31-23)25(37)38)11-12-35(22)42(39,40)20-9-7-19(8-10-20)41-26(27,28)29/h3-10,14-15,22H,11-13,16H2,1-2H3,(H,32,36)(H,37,38)/t22-/m1/s1. The van der Waals surface area contributed by atoms with E-state index in [2.05, 4.69) is 20.0 Å². The average molecular weight is 609 g/mol. The van der Waals surface area contributed by atoms with Crippen molar-refractivity contribution in [2.75, 3.05) is 43.5 Å². The number of sulfonamides is 1. The number of nitrogens with one attached hydrogen (secondary N) is 1. The number of carboxylic acids is 1. The molecule has 224 valence electrons. The number of aromatic nitrogens is 2. The van der Waals surface area contributed by atoms with Gasteiger partial charge in [0.15, 0.2) is 5.69 Å². The van der Waals surface area contributed by atoms with E-state index in [-0.39, 0.29) is 42.6 Å². The van der Waals surface area contributed by atoms with Crippen LogP contribution < -0.4 is 19.9 Å². The van der Waals surface area contributed by atoms with Gasteiger partial charge in [0.1, 0.15) is 17.6 Å². The van der Waals surface area contributed by atoms with E-state index in [1.165, 1.54) is 6.20 Å². The van der Waals surface area contributed by atoms with Crippen molar-refractivity contribution >= 4 is 33.4 Å². The maximum atomic E-state index is 13.6. The topological polar surface area (TPSA) is 145 Å². The Morgan fingerprint density at radius 2 is 1.71 bits per heavy atom. The van der Waals surface area contributed by atoms with Gasteiger partial charge in [0, 0.05) is 46.0 Å². The van der Waals surface area contributed by atoms with Crippen molar-refractivity contribution in [1.29, 1.82) is 0 Å². The summed E-state index contributed by atoms with van der Waals surface area (Å²) in [4.78, 5) is 35.7. The number of anilines is 2. The van der Waals surface area contributed by atoms with Crippen LogP contribution in [0, 0.1) is 0 Å². The quantitative estimate of drug-likeness (QED) is 0.371. The molecule has 1 aromatic heterocycles. The van der Waals surface area contributed by atoms with Crippen molar-refractivity contribution < 1.29 is 41.0 Å². The zero-order valence-corrected chi connectivity index (χ0v) is 23.3. The highest BCUT2D eigenvalue weighted by molar-refractivity contribution is 7.89. The summed E-state index contributed by atoms with van der Waals surface area (Å²) >= 11 is 0. The second kappa shape index (κ2) is 12.2. The second-order valence-corrected chi connectivity index (χ2v) is 11.3. The average Bonchev–Trinajstić information content (AvgIpc) is 2.95. The molecule has 1 aliphatic rings. The van der Waals surface area contributed by atoms with Crippen molar-refractivity contribution in [2.24, 2.45) is 0 Å². The number of amides is 1. The van der Waals surface area contributed by atoms with Gasteiger partial charge in [-0.2, -0.15) is 4.31 Å². The molecular weight excluding hydrogens is 581 g/mol. The number of nitrogens with zero attached hydrogens (tertiary/aromatic N) is 5. The van der Waals surface area contributed by atoms with Gasteiger partial charge in [0.25, 0.3) is 0 Å². The summed E-state index contributed by atoms with van der Waals surface area (Å²) in [5.74, 6) is -2.24. The predicted molar refractivity (Wildman–Crippen MR) is 145 cm³/mol. The molecule has 42 heavy (non-hydrogen) atoms. The van der Waals surface area contributed by atoms with Crippen LogP contribution in [0.15, 0.2) is 65.8 Å². The number of benzene rings is 2. The maximum absolute atomic E-state index is 13.6. The molecule has 0 radical (unpaired) electrons. The smallest absolute Gasteiger partial charge is 0.476 e. The van der Waals surface area contributed by atoms with Gasteiger partial charge in [0.2, 0.25) is 15.9 Å². The first-order chi connectivity index (χ1) is 19.7. The highest BCUT2D eigenvalue weighted by Crippen LogP contribution is 2.28. The molecule has 4 rings (SSSR count). The molecule has 3 aromatic rings. The Labute approximate surface area is 239 Å². The second-order valence-electron chi connectivity index (χ2n) is 9.44. The van der Waals surface area contributed by atoms with E-state index in [9.17, 15) is 31.2 Å². The summed E-state index contributed by atoms with van der Waals surface area (Å²) in [7, 11) is -0.577. The fourth-order valence-corrected chi connectivity index (χ4v) is 5.81. The van der Waals surface area contributed by atoms with E-state index >= 15 is 0 Å². The van der Waals surface area contributed by atoms with Crippen molar-refractivity contribution in [1.82, 2.24) is 19.6 Å². The Kier molecular flexibility index (Phi) is 8.86. The van der Waals surface area contributed by atoms with E-state index in [1.807, 2.05) is 43.3 Å². The van der Waals surface area contributed by atoms with Crippen molar-refractivity contribution in [3.63, 3.8) is 0 Å². The molecule has 2 heterocycles. The summed E-state index contributed by atoms with van der Waals surface area (Å²) < 4.78 is 69.7. The van der Waals surface area contributed by atoms with Gasteiger partial charge in [0.05, 0.1) is 17.3 Å². The lowest BCUT2D eigenvalue weighted by Crippen LogP contribution is -2.60. The summed E-state index contributed by atoms with van der Waals surface area (Å²) in [6.07, 6.45) is -2.68. The van der Waals surface area contributed by atoms with Crippen LogP contribution in [0.3, 0.4) is 0 Å². The van der Waals surface area contributed by atoms with Crippen LogP contribution in [0.4, 0.5) is 24.7 Å². The first-order valence-electron chi connectivity index (χ1n) is 12.5. The van der Waals surface area contributed by atoms with Crippen molar-refractivity contribution in [2.45, 2.75) is 23.8 Å². The Morgan fingerprint density at radius 3 is 2.26 bits per heavy atom. The largest absolute Gasteiger partial charge is 0.573 e. The molecule has 1 saturated heterocycles. The lowest BCUT2D eigenvalue weighted by atomic mass is 10.1. The molecule has 2 N–H and O–H groups in total. The van der Waals surface area contributed by atoms with E-state index < -0.39 is 40.1 Å². The van der Waals surface area contributed by atoms with Crippen LogP contribution >= 0.6 is 0 Å². The number of piperazine rings is 1. The Bertz CT molecular complexity index is 1520. The third-order valence-corrected chi connectivity index (χ3v) is 8.32. The van der Waals surface area contributed by atoms with Crippen molar-refractivity contribution in [3.8, 4) is 5.75 Å². The highest BCUT2D eigenvalue weighted by atomic mass is 32.2. The predicted octanol–water partition coefficient (Wildman–Crippen LogP) is 2.34. The highest BCUT2D eigenvalue weighted by Gasteiger charge is 2.41. The fraction of sp³-hybridized carbons (Fsp3) is 0.308. The van der Waals surface area contributed by atoms with Crippen molar-refractivity contribution in [3.05, 3.63) is 72.2 Å². The fourth-order valence-electron chi connectivity index (χ4n) is 4.24. The third-order valence-electron chi connectivity index (χ3n) is 6.40. The van der Waals surface area contributed by atoms with Crippen LogP contribution in [0.25, 0.3) is 0 Å². The minimum Gasteiger partial charge on any atom is -0.476 e. The van der Waals surface area contributed by atoms with E-state index in [4.69, 9.17) is 5.11 Å². The normalized spacial score (nSPS) is 16.1. The Balaban J connectivity index is 1.58. The first-order valence-corrected chi connectivity index (χ1v) is 13.9. The number of rotatable bonds is 9. The molecule has 1 amide bonds. The summed E-state index contributed by atoms with van der Waals surface area (Å²) in [5.41, 5.74) is 1.44. The van der Waals surface area contributed by atoms with Gasteiger partial charge < -0.3 is 25.0 Å². The van der Waals surface area contributed by atoms with Crippen LogP contribution in [-0.2, 0) is 21.4 Å². The van der Waals surface area contributed by atoms with Gasteiger partial charge in [-0.15, -0.1) is 13.2 Å². The monoisotopic (exact) mass is 608 g/mol. The lowest BCUT2D eigenvalue weighted by molar-refractivity contribution is -0.274. The zero-order chi connectivity index (χ0) is 30.7. The molecule has 0 saturated carbocycles. The van der Waals surface area contributed by atoms with Crippen LogP contribution in [0.1, 0.15) is 16.1 Å². The van der Waals surface area contributed by atoms with Gasteiger partial charge in [-0.25, -0.2) is 23.2 Å². The molecular formula is C26H27F3N6O6S. The third kappa shape index (κ3) is 7.25. The number of ether oxygens (including phenoxy) is 1. The Morgan fingerprint density at radius 1 is 1.05 bits per heavy atom. The van der Waals surface area contributed by atoms with E-state index in [1.54, 1.807) is 4.90 Å². The molecule has 1 aliphatic heterocycles. The first kappa shape index (κ1) is 30.5. The number of hydrogen-bond acceptors (Lipinski definition) is 9. The summed E-state index contributed by atoms with van der Waals surface area (Å²) in [5, 5.41) is 11.9. The zero-order valence-electron chi connectivity index (χ0n) is 22.4. The number of carbonyl (C=O) groups is 2. The number of aromatic carboxylic acids is 1. The molecule has 1 atom stereocenters. The molecule has 0 aliphatic carbocycles. The van der Waals surface area contributed by atoms with Gasteiger partial charge in [-0.1, -0.05) is 12.1 Å². The van der Waals surface area contributed by atoms with E-state index in [0.29, 0.717) is 0 Å². The molecule has 0 unspecified atom stereocenters. The van der Waals surface area contributed by atoms with Gasteiger partial charge >= 0.3 is 12.3 Å². The van der Waals surface area contributed by atoms with Gasteiger partial charge in [-0.3, -0.25) is 4.79 Å². The molecule has 2 aromatic carbocycles. The van der Waals surface area contributed by atoms with Crippen LogP contribution in [0.5, 0.6) is 5.75 Å². The number of halogens is 3. The SMILES string of the molecule is CN(C)c1ccc(CNC(=O)[C@H]2CN(c3cnc(C(=O)O)cn3)CCN2S(=O)(=O)c2ccc(OC(F)(F)F)cc2)cc1. The van der Waals surface area contributed by atoms with Crippen LogP contribution in [-0.4, -0.2) is 85.8 Å². The summed E-state index contributed by atoms with van der Waals surface area (Å²) in [6, 6.07) is 9.81. The summed E-state index contributed by atoms with van der Waals surface area (Å²) in [6.45, 7) is -0.152. The Hall–Kier alpha value is -4.44. The lowest BCUT2D eigenvalue weighted by Gasteiger charge is -2.40. The number of alkyl halides is 3. The molecule has 16 heteroatoms. The van der Waals surface area contributed by atoms with Gasteiger partial charge in [-0.05, 0) is 42.0 Å². The molecule has 0 spiro atoms. The number of carboxylic acid groups (broad SMARTS) is 1. The maximum Gasteiger partial charge on any atom is 0.573 e. The number of carbonyl (C=O) groups excluding carboxylic acids is 1. The molecule has 1 fully saturated rings. The molecule has 0 bridgehead atoms. The van der Waals surface area contributed by atoms with E-state index in [0.717, 1.165) is 46.0 Å². The minimum absolute atomic E-state index is 0.0748. The molecule has 12 nitrogen and oxygen atoms in total.